The Balaban J connectivity index is 1.49. The van der Waals surface area contributed by atoms with Crippen molar-refractivity contribution in [2.45, 2.75) is 45.1 Å². The number of nitrogens with one attached hydrogen (secondary N) is 1. The predicted molar refractivity (Wildman–Crippen MR) is 115 cm³/mol. The van der Waals surface area contributed by atoms with Crippen LogP contribution in [0.1, 0.15) is 30.2 Å². The molecule has 0 bridgehead atoms. The molecule has 2 aliphatic rings. The number of benzene rings is 1. The van der Waals surface area contributed by atoms with Crippen LogP contribution >= 0.6 is 0 Å². The standard InChI is InChI=1S/C23H28F3N5O/c1-15-10-17-12-28-22(27-11-16-6-4-3-5-7-16)29-20(17)14-31(15)21(32)18-8-9-30(2)13-19(18)23(24,25)26/h3-7,12,15,18-19H,8-11,13-14H2,1-2H3,(H,27,28,29)/t15-,18-,19-/m1/s1. The zero-order chi connectivity index (χ0) is 22.9. The first-order valence-corrected chi connectivity index (χ1v) is 10.9. The molecule has 0 radical (unpaired) electrons. The molecule has 1 amide bonds. The fourth-order valence-electron chi connectivity index (χ4n) is 4.61. The lowest BCUT2D eigenvalue weighted by molar-refractivity contribution is -0.205. The molecular formula is C23H28F3N5O. The van der Waals surface area contributed by atoms with Gasteiger partial charge in [0.15, 0.2) is 0 Å². The third kappa shape index (κ3) is 4.87. The Kier molecular flexibility index (Phi) is 6.37. The van der Waals surface area contributed by atoms with E-state index in [9.17, 15) is 18.0 Å². The molecule has 1 N–H and O–H groups in total. The largest absolute Gasteiger partial charge is 0.393 e. The zero-order valence-corrected chi connectivity index (χ0v) is 18.3. The van der Waals surface area contributed by atoms with Crippen LogP contribution in [0, 0.1) is 11.8 Å². The Hall–Kier alpha value is -2.68. The van der Waals surface area contributed by atoms with Gasteiger partial charge in [-0.1, -0.05) is 30.3 Å². The highest BCUT2D eigenvalue weighted by Crippen LogP contribution is 2.39. The second-order valence-electron chi connectivity index (χ2n) is 8.83. The molecule has 0 spiro atoms. The highest BCUT2D eigenvalue weighted by molar-refractivity contribution is 5.80. The Labute approximate surface area is 185 Å². The monoisotopic (exact) mass is 447 g/mol. The smallest absolute Gasteiger partial charge is 0.350 e. The van der Waals surface area contributed by atoms with E-state index in [2.05, 4.69) is 15.3 Å². The molecule has 4 rings (SSSR count). The molecule has 0 saturated carbocycles. The van der Waals surface area contributed by atoms with Crippen molar-refractivity contribution in [2.24, 2.45) is 11.8 Å². The molecule has 9 heteroatoms. The Bertz CT molecular complexity index is 952. The summed E-state index contributed by atoms with van der Waals surface area (Å²) in [4.78, 5) is 25.5. The minimum absolute atomic E-state index is 0.144. The van der Waals surface area contributed by atoms with Gasteiger partial charge in [0.2, 0.25) is 11.9 Å². The van der Waals surface area contributed by atoms with Gasteiger partial charge in [-0.15, -0.1) is 0 Å². The molecule has 6 nitrogen and oxygen atoms in total. The fraction of sp³-hybridized carbons (Fsp3) is 0.522. The van der Waals surface area contributed by atoms with Gasteiger partial charge in [-0.05, 0) is 44.5 Å². The fourth-order valence-corrected chi connectivity index (χ4v) is 4.61. The van der Waals surface area contributed by atoms with Crippen LogP contribution in [0.3, 0.4) is 0 Å². The van der Waals surface area contributed by atoms with Crippen LogP contribution in [0.4, 0.5) is 19.1 Å². The van der Waals surface area contributed by atoms with Crippen molar-refractivity contribution in [1.82, 2.24) is 19.8 Å². The number of rotatable bonds is 4. The number of anilines is 1. The Morgan fingerprint density at radius 1 is 1.25 bits per heavy atom. The molecule has 1 saturated heterocycles. The number of amides is 1. The summed E-state index contributed by atoms with van der Waals surface area (Å²) in [5.74, 6) is -2.67. The third-order valence-electron chi connectivity index (χ3n) is 6.45. The van der Waals surface area contributed by atoms with E-state index in [0.29, 0.717) is 31.2 Å². The molecule has 0 aliphatic carbocycles. The van der Waals surface area contributed by atoms with Crippen LogP contribution in [-0.4, -0.2) is 58.0 Å². The van der Waals surface area contributed by atoms with E-state index in [4.69, 9.17) is 0 Å². The van der Waals surface area contributed by atoms with Crippen LogP contribution in [0.25, 0.3) is 0 Å². The number of hydrogen-bond donors (Lipinski definition) is 1. The average molecular weight is 448 g/mol. The number of hydrogen-bond acceptors (Lipinski definition) is 5. The van der Waals surface area contributed by atoms with Gasteiger partial charge in [0, 0.05) is 25.3 Å². The van der Waals surface area contributed by atoms with Gasteiger partial charge in [-0.3, -0.25) is 4.79 Å². The van der Waals surface area contributed by atoms with Gasteiger partial charge in [0.1, 0.15) is 0 Å². The summed E-state index contributed by atoms with van der Waals surface area (Å²) in [6.07, 6.45) is -1.91. The number of alkyl halides is 3. The van der Waals surface area contributed by atoms with Gasteiger partial charge in [-0.2, -0.15) is 13.2 Å². The second kappa shape index (κ2) is 9.05. The maximum absolute atomic E-state index is 13.7. The molecule has 3 atom stereocenters. The summed E-state index contributed by atoms with van der Waals surface area (Å²) >= 11 is 0. The lowest BCUT2D eigenvalue weighted by Gasteiger charge is -2.42. The summed E-state index contributed by atoms with van der Waals surface area (Å²) in [5.41, 5.74) is 2.71. The normalized spacial score (nSPS) is 24.2. The summed E-state index contributed by atoms with van der Waals surface area (Å²) in [5, 5.41) is 3.18. The van der Waals surface area contributed by atoms with E-state index in [1.54, 1.807) is 23.0 Å². The molecule has 172 valence electrons. The highest BCUT2D eigenvalue weighted by Gasteiger charge is 2.50. The molecular weight excluding hydrogens is 419 g/mol. The molecule has 32 heavy (non-hydrogen) atoms. The Morgan fingerprint density at radius 2 is 2.00 bits per heavy atom. The van der Waals surface area contributed by atoms with E-state index in [1.165, 1.54) is 0 Å². The minimum atomic E-state index is -4.40. The maximum Gasteiger partial charge on any atom is 0.393 e. The summed E-state index contributed by atoms with van der Waals surface area (Å²) < 4.78 is 41.0. The van der Waals surface area contributed by atoms with Crippen molar-refractivity contribution >= 4 is 11.9 Å². The first kappa shape index (κ1) is 22.5. The number of likely N-dealkylation sites (tertiary alicyclic amines) is 1. The quantitative estimate of drug-likeness (QED) is 0.778. The predicted octanol–water partition coefficient (Wildman–Crippen LogP) is 3.49. The van der Waals surface area contributed by atoms with Crippen LogP contribution in [-0.2, 0) is 24.3 Å². The number of piperidine rings is 1. The average Bonchev–Trinajstić information content (AvgIpc) is 2.77. The number of carbonyl (C=O) groups is 1. The highest BCUT2D eigenvalue weighted by atomic mass is 19.4. The van der Waals surface area contributed by atoms with E-state index < -0.39 is 23.9 Å². The maximum atomic E-state index is 13.7. The molecule has 3 heterocycles. The Morgan fingerprint density at radius 3 is 2.72 bits per heavy atom. The van der Waals surface area contributed by atoms with Crippen LogP contribution < -0.4 is 5.32 Å². The molecule has 2 aliphatic heterocycles. The van der Waals surface area contributed by atoms with Crippen molar-refractivity contribution in [2.75, 3.05) is 25.5 Å². The van der Waals surface area contributed by atoms with E-state index >= 15 is 0 Å². The van der Waals surface area contributed by atoms with Crippen molar-refractivity contribution < 1.29 is 18.0 Å². The molecule has 1 aromatic carbocycles. The van der Waals surface area contributed by atoms with Crippen molar-refractivity contribution in [3.8, 4) is 0 Å². The van der Waals surface area contributed by atoms with Crippen molar-refractivity contribution in [3.63, 3.8) is 0 Å². The van der Waals surface area contributed by atoms with Gasteiger partial charge < -0.3 is 15.1 Å². The molecule has 1 aromatic heterocycles. The van der Waals surface area contributed by atoms with Gasteiger partial charge >= 0.3 is 6.18 Å². The molecule has 0 unspecified atom stereocenters. The number of aromatic nitrogens is 2. The number of nitrogens with zero attached hydrogens (tertiary/aromatic N) is 4. The number of fused-ring (bicyclic) bond motifs is 1. The molecule has 1 fully saturated rings. The van der Waals surface area contributed by atoms with Gasteiger partial charge in [0.05, 0.1) is 24.1 Å². The first-order chi connectivity index (χ1) is 15.2. The zero-order valence-electron chi connectivity index (χ0n) is 18.3. The lowest BCUT2D eigenvalue weighted by atomic mass is 9.83. The van der Waals surface area contributed by atoms with E-state index in [1.807, 2.05) is 37.3 Å². The number of carbonyl (C=O) groups excluding carboxylic acids is 1. The van der Waals surface area contributed by atoms with E-state index in [0.717, 1.165) is 11.1 Å². The van der Waals surface area contributed by atoms with Gasteiger partial charge in [-0.25, -0.2) is 9.97 Å². The van der Waals surface area contributed by atoms with Crippen molar-refractivity contribution in [1.29, 1.82) is 0 Å². The van der Waals surface area contributed by atoms with Crippen LogP contribution in [0.2, 0.25) is 0 Å². The number of halogens is 3. The first-order valence-electron chi connectivity index (χ1n) is 10.9. The second-order valence-corrected chi connectivity index (χ2v) is 8.83. The summed E-state index contributed by atoms with van der Waals surface area (Å²) in [6, 6.07) is 9.63. The van der Waals surface area contributed by atoms with Crippen LogP contribution in [0.15, 0.2) is 36.5 Å². The van der Waals surface area contributed by atoms with Crippen molar-refractivity contribution in [3.05, 3.63) is 53.3 Å². The summed E-state index contributed by atoms with van der Waals surface area (Å²) in [6.45, 7) is 2.97. The third-order valence-corrected chi connectivity index (χ3v) is 6.45. The topological polar surface area (TPSA) is 61.4 Å². The lowest BCUT2D eigenvalue weighted by Crippen LogP contribution is -2.54. The van der Waals surface area contributed by atoms with E-state index in [-0.39, 0.29) is 25.6 Å². The molecule has 2 aromatic rings. The SMILES string of the molecule is C[C@@H]1Cc2cnc(NCc3ccccc3)nc2CN1C(=O)[C@@H]1CCN(C)C[C@H]1C(F)(F)F. The minimum Gasteiger partial charge on any atom is -0.350 e. The van der Waals surface area contributed by atoms with Gasteiger partial charge in [0.25, 0.3) is 0 Å². The van der Waals surface area contributed by atoms with Crippen LogP contribution in [0.5, 0.6) is 0 Å². The summed E-state index contributed by atoms with van der Waals surface area (Å²) in [7, 11) is 1.67.